The Bertz CT molecular complexity index is 1040. The predicted octanol–water partition coefficient (Wildman–Crippen LogP) is 5.59. The molecule has 1 aliphatic heterocycles. The maximum absolute atomic E-state index is 12.3. The number of rotatable bonds is 3. The molecule has 0 bridgehead atoms. The molecular formula is C20H16ClN3OS. The number of benzene rings is 3. The molecule has 0 atom stereocenters. The highest BCUT2D eigenvalue weighted by atomic mass is 35.5. The Morgan fingerprint density at radius 1 is 1.19 bits per heavy atom. The highest BCUT2D eigenvalue weighted by molar-refractivity contribution is 8.14. The molecule has 0 fully saturated rings. The van der Waals surface area contributed by atoms with E-state index in [1.807, 2.05) is 37.3 Å². The van der Waals surface area contributed by atoms with Crippen molar-refractivity contribution in [3.63, 3.8) is 0 Å². The van der Waals surface area contributed by atoms with Crippen molar-refractivity contribution in [1.82, 2.24) is 0 Å². The Morgan fingerprint density at radius 2 is 2.00 bits per heavy atom. The average Bonchev–Trinajstić information content (AvgIpc) is 2.63. The zero-order chi connectivity index (χ0) is 18.1. The van der Waals surface area contributed by atoms with E-state index in [9.17, 15) is 4.79 Å². The van der Waals surface area contributed by atoms with Crippen molar-refractivity contribution in [2.24, 2.45) is 4.99 Å². The number of hydrogen-bond donors (Lipinski definition) is 2. The maximum Gasteiger partial charge on any atom is 0.234 e. The van der Waals surface area contributed by atoms with Gasteiger partial charge in [-0.3, -0.25) is 4.79 Å². The number of halogens is 1. The molecule has 1 amide bonds. The summed E-state index contributed by atoms with van der Waals surface area (Å²) < 4.78 is 0. The van der Waals surface area contributed by atoms with Crippen molar-refractivity contribution in [3.8, 4) is 0 Å². The van der Waals surface area contributed by atoms with Crippen molar-refractivity contribution in [3.05, 3.63) is 65.2 Å². The van der Waals surface area contributed by atoms with E-state index in [2.05, 4.69) is 27.8 Å². The molecule has 1 heterocycles. The van der Waals surface area contributed by atoms with Gasteiger partial charge in [-0.15, -0.1) is 0 Å². The molecule has 26 heavy (non-hydrogen) atoms. The number of carbonyl (C=O) groups excluding carboxylic acids is 1. The molecule has 0 aliphatic carbocycles. The minimum Gasteiger partial charge on any atom is -0.334 e. The van der Waals surface area contributed by atoms with Gasteiger partial charge in [-0.05, 0) is 42.1 Å². The second kappa shape index (κ2) is 7.02. The fourth-order valence-corrected chi connectivity index (χ4v) is 3.75. The number of anilines is 2. The molecule has 0 saturated carbocycles. The Morgan fingerprint density at radius 3 is 2.85 bits per heavy atom. The van der Waals surface area contributed by atoms with Gasteiger partial charge in [0.15, 0.2) is 5.17 Å². The van der Waals surface area contributed by atoms with Crippen molar-refractivity contribution in [2.45, 2.75) is 6.92 Å². The van der Waals surface area contributed by atoms with Gasteiger partial charge in [-0.2, -0.15) is 0 Å². The number of aryl methyl sites for hydroxylation is 1. The summed E-state index contributed by atoms with van der Waals surface area (Å²) in [6.07, 6.45) is 0. The molecule has 4 rings (SSSR count). The van der Waals surface area contributed by atoms with Crippen LogP contribution in [0.15, 0.2) is 59.6 Å². The molecule has 0 unspecified atom stereocenters. The smallest absolute Gasteiger partial charge is 0.234 e. The van der Waals surface area contributed by atoms with Crippen LogP contribution in [0.2, 0.25) is 5.02 Å². The topological polar surface area (TPSA) is 53.5 Å². The third kappa shape index (κ3) is 3.41. The van der Waals surface area contributed by atoms with Gasteiger partial charge in [0.05, 0.1) is 17.1 Å². The van der Waals surface area contributed by atoms with E-state index in [-0.39, 0.29) is 11.7 Å². The lowest BCUT2D eigenvalue weighted by molar-refractivity contribution is -0.113. The fraction of sp³-hybridized carbons (Fsp3) is 0.100. The summed E-state index contributed by atoms with van der Waals surface area (Å²) >= 11 is 7.38. The SMILES string of the molecule is Cc1ccc(Cl)cc1NC(=O)CSC1=Nc2cccc3cccc(c23)N1. The molecule has 3 aromatic carbocycles. The minimum atomic E-state index is -0.0954. The number of nitrogens with one attached hydrogen (secondary N) is 2. The normalized spacial score (nSPS) is 12.5. The largest absolute Gasteiger partial charge is 0.334 e. The van der Waals surface area contributed by atoms with Gasteiger partial charge >= 0.3 is 0 Å². The molecule has 4 nitrogen and oxygen atoms in total. The van der Waals surface area contributed by atoms with Crippen molar-refractivity contribution in [2.75, 3.05) is 16.4 Å². The van der Waals surface area contributed by atoms with Crippen LogP contribution in [-0.4, -0.2) is 16.8 Å². The Balaban J connectivity index is 1.47. The second-order valence-electron chi connectivity index (χ2n) is 6.02. The summed E-state index contributed by atoms with van der Waals surface area (Å²) in [5.41, 5.74) is 3.64. The fourth-order valence-electron chi connectivity index (χ4n) is 2.89. The number of nitrogens with zero attached hydrogens (tertiary/aromatic N) is 1. The molecular weight excluding hydrogens is 366 g/mol. The Kier molecular flexibility index (Phi) is 4.57. The van der Waals surface area contributed by atoms with Gasteiger partial charge in [0.1, 0.15) is 0 Å². The zero-order valence-electron chi connectivity index (χ0n) is 14.0. The number of amidine groups is 1. The lowest BCUT2D eigenvalue weighted by Gasteiger charge is -2.18. The van der Waals surface area contributed by atoms with E-state index >= 15 is 0 Å². The maximum atomic E-state index is 12.3. The number of aliphatic imine (C=N–C) groups is 1. The van der Waals surface area contributed by atoms with E-state index < -0.39 is 0 Å². The third-order valence-corrected chi connectivity index (χ3v) is 5.27. The molecule has 0 spiro atoms. The first-order valence-corrected chi connectivity index (χ1v) is 9.53. The van der Waals surface area contributed by atoms with Gasteiger partial charge in [-0.1, -0.05) is 53.7 Å². The van der Waals surface area contributed by atoms with Crippen LogP contribution in [-0.2, 0) is 4.79 Å². The number of thioether (sulfide) groups is 1. The van der Waals surface area contributed by atoms with Crippen LogP contribution in [0.5, 0.6) is 0 Å². The van der Waals surface area contributed by atoms with Crippen LogP contribution < -0.4 is 10.6 Å². The number of hydrogen-bond acceptors (Lipinski definition) is 4. The highest BCUT2D eigenvalue weighted by Gasteiger charge is 2.15. The predicted molar refractivity (Wildman–Crippen MR) is 112 cm³/mol. The summed E-state index contributed by atoms with van der Waals surface area (Å²) in [5.74, 6) is 0.164. The first-order chi connectivity index (χ1) is 12.6. The van der Waals surface area contributed by atoms with E-state index in [4.69, 9.17) is 11.6 Å². The summed E-state index contributed by atoms with van der Waals surface area (Å²) in [6, 6.07) is 17.6. The number of amides is 1. The monoisotopic (exact) mass is 381 g/mol. The van der Waals surface area contributed by atoms with Crippen molar-refractivity contribution in [1.29, 1.82) is 0 Å². The van der Waals surface area contributed by atoms with Crippen LogP contribution in [0.25, 0.3) is 10.8 Å². The molecule has 0 aromatic heterocycles. The zero-order valence-corrected chi connectivity index (χ0v) is 15.6. The van der Waals surface area contributed by atoms with Crippen molar-refractivity contribution >= 4 is 62.3 Å². The third-order valence-electron chi connectivity index (χ3n) is 4.16. The first kappa shape index (κ1) is 16.9. The van der Waals surface area contributed by atoms with E-state index in [0.29, 0.717) is 10.2 Å². The lowest BCUT2D eigenvalue weighted by atomic mass is 10.1. The molecule has 130 valence electrons. The molecule has 0 saturated heterocycles. The van der Waals surface area contributed by atoms with Gasteiger partial charge in [-0.25, -0.2) is 4.99 Å². The van der Waals surface area contributed by atoms with Crippen LogP contribution in [0, 0.1) is 6.92 Å². The second-order valence-corrected chi connectivity index (χ2v) is 7.42. The lowest BCUT2D eigenvalue weighted by Crippen LogP contribution is -2.19. The van der Waals surface area contributed by atoms with E-state index in [0.717, 1.165) is 33.4 Å². The summed E-state index contributed by atoms with van der Waals surface area (Å²) in [4.78, 5) is 16.9. The molecule has 0 radical (unpaired) electrons. The molecule has 2 N–H and O–H groups in total. The summed E-state index contributed by atoms with van der Waals surface area (Å²) in [5, 5.41) is 9.79. The van der Waals surface area contributed by atoms with Crippen LogP contribution in [0.3, 0.4) is 0 Å². The first-order valence-electron chi connectivity index (χ1n) is 8.16. The molecule has 3 aromatic rings. The number of carbonyl (C=O) groups is 1. The summed E-state index contributed by atoms with van der Waals surface area (Å²) in [7, 11) is 0. The van der Waals surface area contributed by atoms with Crippen molar-refractivity contribution < 1.29 is 4.79 Å². The van der Waals surface area contributed by atoms with E-state index in [1.54, 1.807) is 12.1 Å². The van der Waals surface area contributed by atoms with Gasteiger partial charge in [0, 0.05) is 16.1 Å². The Labute approximate surface area is 160 Å². The summed E-state index contributed by atoms with van der Waals surface area (Å²) in [6.45, 7) is 1.93. The van der Waals surface area contributed by atoms with Crippen LogP contribution in [0.1, 0.15) is 5.56 Å². The Hall–Kier alpha value is -2.50. The van der Waals surface area contributed by atoms with Crippen LogP contribution >= 0.6 is 23.4 Å². The minimum absolute atomic E-state index is 0.0954. The average molecular weight is 382 g/mol. The van der Waals surface area contributed by atoms with Gasteiger partial charge < -0.3 is 10.6 Å². The quantitative estimate of drug-likeness (QED) is 0.622. The molecule has 1 aliphatic rings. The standard InChI is InChI=1S/C20H16ClN3OS/c1-12-8-9-14(21)10-17(12)22-18(25)11-26-20-23-15-6-2-4-13-5-3-7-16(24-20)19(13)15/h2-10H,11H2,1H3,(H,22,25)(H,23,24). The van der Waals surface area contributed by atoms with Gasteiger partial charge in [0.25, 0.3) is 0 Å². The molecule has 6 heteroatoms. The van der Waals surface area contributed by atoms with E-state index in [1.165, 1.54) is 11.8 Å². The van der Waals surface area contributed by atoms with Gasteiger partial charge in [0.2, 0.25) is 5.91 Å². The highest BCUT2D eigenvalue weighted by Crippen LogP contribution is 2.36. The van der Waals surface area contributed by atoms with Crippen LogP contribution in [0.4, 0.5) is 17.1 Å².